The Morgan fingerprint density at radius 2 is 1.30 bits per heavy atom. The van der Waals surface area contributed by atoms with E-state index < -0.39 is 35.8 Å². The highest BCUT2D eigenvalue weighted by Crippen LogP contribution is 2.08. The topological polar surface area (TPSA) is 127 Å². The van der Waals surface area contributed by atoms with Crippen LogP contribution in [0.25, 0.3) is 0 Å². The van der Waals surface area contributed by atoms with Crippen LogP contribution in [0.2, 0.25) is 0 Å². The largest absolute Gasteiger partial charge is 0.368 e. The molecule has 2 rings (SSSR count). The fourth-order valence-corrected chi connectivity index (χ4v) is 3.09. The summed E-state index contributed by atoms with van der Waals surface area (Å²) in [6.07, 6.45) is 0.630. The number of rotatable bonds is 10. The molecule has 2 aromatic carbocycles. The van der Waals surface area contributed by atoms with E-state index in [9.17, 15) is 14.4 Å². The van der Waals surface area contributed by atoms with E-state index in [1.807, 2.05) is 74.5 Å². The molecular formula is C23H30N4O3. The molecule has 3 amide bonds. The van der Waals surface area contributed by atoms with Crippen LogP contribution in [0.3, 0.4) is 0 Å². The molecule has 0 unspecified atom stereocenters. The van der Waals surface area contributed by atoms with E-state index in [2.05, 4.69) is 10.6 Å². The third-order valence-corrected chi connectivity index (χ3v) is 4.82. The van der Waals surface area contributed by atoms with E-state index in [0.29, 0.717) is 6.42 Å². The number of amides is 3. The van der Waals surface area contributed by atoms with Gasteiger partial charge in [-0.15, -0.1) is 0 Å². The maximum atomic E-state index is 12.8. The zero-order chi connectivity index (χ0) is 22.1. The zero-order valence-corrected chi connectivity index (χ0v) is 17.4. The van der Waals surface area contributed by atoms with Crippen LogP contribution in [0.1, 0.15) is 25.0 Å². The van der Waals surface area contributed by atoms with Crippen molar-refractivity contribution in [2.75, 3.05) is 0 Å². The quantitative estimate of drug-likeness (QED) is 0.464. The molecule has 160 valence electrons. The third kappa shape index (κ3) is 7.00. The number of benzene rings is 2. The molecule has 0 spiro atoms. The number of carbonyl (C=O) groups excluding carboxylic acids is 3. The van der Waals surface area contributed by atoms with Gasteiger partial charge >= 0.3 is 0 Å². The van der Waals surface area contributed by atoms with Crippen LogP contribution in [0.15, 0.2) is 60.7 Å². The van der Waals surface area contributed by atoms with E-state index >= 15 is 0 Å². The normalized spacial score (nSPS) is 13.9. The van der Waals surface area contributed by atoms with Crippen LogP contribution in [0.4, 0.5) is 0 Å². The van der Waals surface area contributed by atoms with Gasteiger partial charge in [-0.05, 0) is 23.5 Å². The Kier molecular flexibility index (Phi) is 8.55. The highest BCUT2D eigenvalue weighted by molar-refractivity contribution is 5.93. The average molecular weight is 411 g/mol. The second-order valence-electron chi connectivity index (χ2n) is 7.68. The van der Waals surface area contributed by atoms with Gasteiger partial charge < -0.3 is 22.1 Å². The standard InChI is InChI=1S/C23H30N4O3/c1-15(2)20(27-22(29)18(24)13-16-9-5-3-6-10-16)23(30)26-19(21(25)28)14-17-11-7-4-8-12-17/h3-12,15,18-20H,13-14,24H2,1-2H3,(H2,25,28)(H,26,30)(H,27,29)/t18-,19-,20-/m0/s1. The Hall–Kier alpha value is -3.19. The minimum atomic E-state index is -0.879. The number of nitrogens with two attached hydrogens (primary N) is 2. The van der Waals surface area contributed by atoms with Crippen molar-refractivity contribution in [1.82, 2.24) is 10.6 Å². The molecule has 7 nitrogen and oxygen atoms in total. The summed E-state index contributed by atoms with van der Waals surface area (Å²) in [6.45, 7) is 3.62. The van der Waals surface area contributed by atoms with Gasteiger partial charge in [0.15, 0.2) is 0 Å². The number of nitrogens with one attached hydrogen (secondary N) is 2. The highest BCUT2D eigenvalue weighted by atomic mass is 16.2. The molecule has 0 aliphatic carbocycles. The highest BCUT2D eigenvalue weighted by Gasteiger charge is 2.29. The summed E-state index contributed by atoms with van der Waals surface area (Å²) in [7, 11) is 0. The molecule has 6 N–H and O–H groups in total. The molecule has 2 aromatic rings. The van der Waals surface area contributed by atoms with E-state index in [1.54, 1.807) is 0 Å². The van der Waals surface area contributed by atoms with Crippen LogP contribution in [-0.4, -0.2) is 35.8 Å². The molecule has 0 saturated heterocycles. The molecular weight excluding hydrogens is 380 g/mol. The van der Waals surface area contributed by atoms with E-state index in [1.165, 1.54) is 0 Å². The molecule has 0 aromatic heterocycles. The Balaban J connectivity index is 2.01. The molecule has 0 saturated carbocycles. The molecule has 0 fully saturated rings. The average Bonchev–Trinajstić information content (AvgIpc) is 2.72. The maximum absolute atomic E-state index is 12.8. The van der Waals surface area contributed by atoms with Crippen molar-refractivity contribution in [2.45, 2.75) is 44.8 Å². The molecule has 0 heterocycles. The first-order chi connectivity index (χ1) is 14.3. The summed E-state index contributed by atoms with van der Waals surface area (Å²) < 4.78 is 0. The van der Waals surface area contributed by atoms with Gasteiger partial charge in [-0.1, -0.05) is 74.5 Å². The van der Waals surface area contributed by atoms with Crippen LogP contribution >= 0.6 is 0 Å². The predicted octanol–water partition coefficient (Wildman–Crippen LogP) is 0.910. The van der Waals surface area contributed by atoms with Gasteiger partial charge in [0.1, 0.15) is 12.1 Å². The fourth-order valence-electron chi connectivity index (χ4n) is 3.09. The Morgan fingerprint density at radius 1 is 0.800 bits per heavy atom. The Morgan fingerprint density at radius 3 is 1.77 bits per heavy atom. The van der Waals surface area contributed by atoms with Gasteiger partial charge in [-0.3, -0.25) is 14.4 Å². The Labute approximate surface area is 177 Å². The van der Waals surface area contributed by atoms with Crippen LogP contribution in [0.5, 0.6) is 0 Å². The SMILES string of the molecule is CC(C)[C@H](NC(=O)[C@@H](N)Cc1ccccc1)C(=O)N[C@@H](Cc1ccccc1)C(N)=O. The lowest BCUT2D eigenvalue weighted by atomic mass is 10.00. The minimum Gasteiger partial charge on any atom is -0.368 e. The van der Waals surface area contributed by atoms with Crippen molar-refractivity contribution in [2.24, 2.45) is 17.4 Å². The molecule has 7 heteroatoms. The van der Waals surface area contributed by atoms with Crippen molar-refractivity contribution in [3.8, 4) is 0 Å². The van der Waals surface area contributed by atoms with Crippen LogP contribution in [0, 0.1) is 5.92 Å². The number of hydrogen-bond acceptors (Lipinski definition) is 4. The lowest BCUT2D eigenvalue weighted by Gasteiger charge is -2.25. The summed E-state index contributed by atoms with van der Waals surface area (Å²) in [5.74, 6) is -1.73. The van der Waals surface area contributed by atoms with Gasteiger partial charge in [-0.2, -0.15) is 0 Å². The monoisotopic (exact) mass is 410 g/mol. The Bertz CT molecular complexity index is 840. The minimum absolute atomic E-state index is 0.205. The smallest absolute Gasteiger partial charge is 0.243 e. The third-order valence-electron chi connectivity index (χ3n) is 4.82. The summed E-state index contributed by atoms with van der Waals surface area (Å²) in [5.41, 5.74) is 13.3. The summed E-state index contributed by atoms with van der Waals surface area (Å²) in [4.78, 5) is 37.3. The lowest BCUT2D eigenvalue weighted by Crippen LogP contribution is -2.57. The van der Waals surface area contributed by atoms with Crippen molar-refractivity contribution in [1.29, 1.82) is 0 Å². The summed E-state index contributed by atoms with van der Waals surface area (Å²) >= 11 is 0. The van der Waals surface area contributed by atoms with E-state index in [0.717, 1.165) is 11.1 Å². The van der Waals surface area contributed by atoms with Gasteiger partial charge in [0, 0.05) is 6.42 Å². The maximum Gasteiger partial charge on any atom is 0.243 e. The zero-order valence-electron chi connectivity index (χ0n) is 17.4. The second kappa shape index (κ2) is 11.1. The first-order valence-corrected chi connectivity index (χ1v) is 10.0. The molecule has 3 atom stereocenters. The first kappa shape index (κ1) is 23.1. The molecule has 0 radical (unpaired) electrons. The van der Waals surface area contributed by atoms with Crippen molar-refractivity contribution in [3.63, 3.8) is 0 Å². The predicted molar refractivity (Wildman–Crippen MR) is 116 cm³/mol. The van der Waals surface area contributed by atoms with Crippen LogP contribution in [-0.2, 0) is 27.2 Å². The number of hydrogen-bond donors (Lipinski definition) is 4. The van der Waals surface area contributed by atoms with Gasteiger partial charge in [0.25, 0.3) is 0 Å². The van der Waals surface area contributed by atoms with Crippen molar-refractivity contribution < 1.29 is 14.4 Å². The molecule has 0 aliphatic rings. The first-order valence-electron chi connectivity index (χ1n) is 10.0. The number of primary amides is 1. The fraction of sp³-hybridized carbons (Fsp3) is 0.348. The lowest BCUT2D eigenvalue weighted by molar-refractivity contribution is -0.132. The summed E-state index contributed by atoms with van der Waals surface area (Å²) in [5, 5.41) is 5.39. The van der Waals surface area contributed by atoms with E-state index in [4.69, 9.17) is 11.5 Å². The van der Waals surface area contributed by atoms with Gasteiger partial charge in [0.05, 0.1) is 6.04 Å². The van der Waals surface area contributed by atoms with Crippen molar-refractivity contribution in [3.05, 3.63) is 71.8 Å². The summed E-state index contributed by atoms with van der Waals surface area (Å²) in [6, 6.07) is 16.2. The molecule has 30 heavy (non-hydrogen) atoms. The number of carbonyl (C=O) groups is 3. The second-order valence-corrected chi connectivity index (χ2v) is 7.68. The van der Waals surface area contributed by atoms with E-state index in [-0.39, 0.29) is 12.3 Å². The van der Waals surface area contributed by atoms with Crippen LogP contribution < -0.4 is 22.1 Å². The van der Waals surface area contributed by atoms with Gasteiger partial charge in [0.2, 0.25) is 17.7 Å². The van der Waals surface area contributed by atoms with Gasteiger partial charge in [-0.25, -0.2) is 0 Å². The van der Waals surface area contributed by atoms with Crippen molar-refractivity contribution >= 4 is 17.7 Å². The molecule has 0 aliphatic heterocycles. The molecule has 0 bridgehead atoms.